The zero-order chi connectivity index (χ0) is 7.78. The Kier molecular flexibility index (Phi) is 1.97. The lowest BCUT2D eigenvalue weighted by atomic mass is 9.72. The Morgan fingerprint density at radius 1 is 1.60 bits per heavy atom. The van der Waals surface area contributed by atoms with Crippen molar-refractivity contribution in [3.05, 3.63) is 0 Å². The average Bonchev–Trinajstić information content (AvgIpc) is 1.86. The molecule has 0 N–H and O–H groups in total. The molecule has 0 aliphatic heterocycles. The zero-order valence-electron chi connectivity index (χ0n) is 6.53. The molecule has 1 rings (SSSR count). The first kappa shape index (κ1) is 7.96. The van der Waals surface area contributed by atoms with Crippen LogP contribution in [0.5, 0.6) is 0 Å². The lowest BCUT2D eigenvalue weighted by Crippen LogP contribution is -2.42. The van der Waals surface area contributed by atoms with Crippen molar-refractivity contribution in [2.45, 2.75) is 39.0 Å². The van der Waals surface area contributed by atoms with Gasteiger partial charge in [-0.3, -0.25) is 0 Å². The molecular formula is C8H14F2. The molecule has 0 heterocycles. The third-order valence-corrected chi connectivity index (χ3v) is 2.66. The largest absolute Gasteiger partial charge is 0.251 e. The highest BCUT2D eigenvalue weighted by Gasteiger charge is 2.49. The second-order valence-electron chi connectivity index (χ2n) is 3.29. The fraction of sp³-hybridized carbons (Fsp3) is 1.00. The minimum absolute atomic E-state index is 0.113. The van der Waals surface area contributed by atoms with Crippen molar-refractivity contribution < 1.29 is 8.78 Å². The first-order valence-electron chi connectivity index (χ1n) is 3.95. The van der Waals surface area contributed by atoms with Crippen LogP contribution in [-0.4, -0.2) is 5.92 Å². The second kappa shape index (κ2) is 2.48. The fourth-order valence-corrected chi connectivity index (χ4v) is 1.51. The predicted octanol–water partition coefficient (Wildman–Crippen LogP) is 3.08. The highest BCUT2D eigenvalue weighted by molar-refractivity contribution is 4.90. The Morgan fingerprint density at radius 3 is 2.30 bits per heavy atom. The van der Waals surface area contributed by atoms with Gasteiger partial charge in [0, 0.05) is 12.3 Å². The molecule has 0 amide bonds. The molecular weight excluding hydrogens is 134 g/mol. The summed E-state index contributed by atoms with van der Waals surface area (Å²) >= 11 is 0. The number of halogens is 2. The topological polar surface area (TPSA) is 0 Å². The second-order valence-corrected chi connectivity index (χ2v) is 3.29. The van der Waals surface area contributed by atoms with Crippen LogP contribution >= 0.6 is 0 Å². The molecule has 1 aliphatic rings. The van der Waals surface area contributed by atoms with Crippen LogP contribution in [-0.2, 0) is 0 Å². The van der Waals surface area contributed by atoms with Gasteiger partial charge in [0.05, 0.1) is 0 Å². The van der Waals surface area contributed by atoms with Gasteiger partial charge in [-0.1, -0.05) is 20.3 Å². The molecule has 60 valence electrons. The summed E-state index contributed by atoms with van der Waals surface area (Å²) in [6, 6.07) is 0. The van der Waals surface area contributed by atoms with Crippen LogP contribution < -0.4 is 0 Å². The van der Waals surface area contributed by atoms with Gasteiger partial charge in [0.2, 0.25) is 0 Å². The lowest BCUT2D eigenvalue weighted by Gasteiger charge is -2.39. The molecule has 0 aromatic carbocycles. The van der Waals surface area contributed by atoms with E-state index in [1.165, 1.54) is 0 Å². The van der Waals surface area contributed by atoms with Crippen LogP contribution in [0.2, 0.25) is 0 Å². The quantitative estimate of drug-likeness (QED) is 0.564. The first-order valence-corrected chi connectivity index (χ1v) is 3.95. The third-order valence-electron chi connectivity index (χ3n) is 2.66. The van der Waals surface area contributed by atoms with Gasteiger partial charge >= 0.3 is 0 Å². The van der Waals surface area contributed by atoms with E-state index in [0.29, 0.717) is 0 Å². The summed E-state index contributed by atoms with van der Waals surface area (Å²) in [5.74, 6) is -2.46. The molecule has 1 fully saturated rings. The molecule has 0 bridgehead atoms. The van der Waals surface area contributed by atoms with Crippen molar-refractivity contribution in [1.29, 1.82) is 0 Å². The van der Waals surface area contributed by atoms with Crippen LogP contribution in [0.4, 0.5) is 8.78 Å². The van der Waals surface area contributed by atoms with Gasteiger partial charge in [-0.25, -0.2) is 8.78 Å². The molecule has 2 heteroatoms. The summed E-state index contributed by atoms with van der Waals surface area (Å²) in [5.41, 5.74) is 0. The van der Waals surface area contributed by atoms with E-state index in [4.69, 9.17) is 0 Å². The van der Waals surface area contributed by atoms with E-state index in [1.54, 1.807) is 0 Å². The predicted molar refractivity (Wildman–Crippen MR) is 37.1 cm³/mol. The summed E-state index contributed by atoms with van der Waals surface area (Å²) in [7, 11) is 0. The van der Waals surface area contributed by atoms with Crippen molar-refractivity contribution >= 4 is 0 Å². The van der Waals surface area contributed by atoms with Crippen molar-refractivity contribution in [3.63, 3.8) is 0 Å². The molecule has 0 radical (unpaired) electrons. The minimum Gasteiger partial charge on any atom is -0.207 e. The van der Waals surface area contributed by atoms with E-state index in [2.05, 4.69) is 0 Å². The summed E-state index contributed by atoms with van der Waals surface area (Å²) in [5, 5.41) is 0. The summed E-state index contributed by atoms with van der Waals surface area (Å²) in [6.45, 7) is 3.89. The monoisotopic (exact) mass is 148 g/mol. The number of hydrogen-bond acceptors (Lipinski definition) is 0. The fourth-order valence-electron chi connectivity index (χ4n) is 1.51. The molecule has 0 spiro atoms. The highest BCUT2D eigenvalue weighted by atomic mass is 19.3. The van der Waals surface area contributed by atoms with Gasteiger partial charge in [0.1, 0.15) is 0 Å². The molecule has 10 heavy (non-hydrogen) atoms. The van der Waals surface area contributed by atoms with Crippen LogP contribution in [0.15, 0.2) is 0 Å². The molecule has 2 atom stereocenters. The summed E-state index contributed by atoms with van der Waals surface area (Å²) < 4.78 is 25.3. The Balaban J connectivity index is 2.43. The normalized spacial score (nSPS) is 33.0. The van der Waals surface area contributed by atoms with E-state index in [0.717, 1.165) is 12.8 Å². The van der Waals surface area contributed by atoms with Gasteiger partial charge in [-0.05, 0) is 12.3 Å². The maximum Gasteiger partial charge on any atom is 0.251 e. The van der Waals surface area contributed by atoms with Gasteiger partial charge < -0.3 is 0 Å². The Bertz CT molecular complexity index is 120. The van der Waals surface area contributed by atoms with Gasteiger partial charge in [-0.15, -0.1) is 0 Å². The summed E-state index contributed by atoms with van der Waals surface area (Å²) in [6.07, 6.45) is 1.71. The molecule has 0 saturated heterocycles. The summed E-state index contributed by atoms with van der Waals surface area (Å²) in [4.78, 5) is 0. The zero-order valence-corrected chi connectivity index (χ0v) is 6.53. The van der Waals surface area contributed by atoms with Crippen molar-refractivity contribution in [2.75, 3.05) is 0 Å². The maximum atomic E-state index is 12.6. The van der Waals surface area contributed by atoms with Crippen molar-refractivity contribution in [3.8, 4) is 0 Å². The van der Waals surface area contributed by atoms with Crippen LogP contribution in [0.3, 0.4) is 0 Å². The number of hydrogen-bond donors (Lipinski definition) is 0. The van der Waals surface area contributed by atoms with Gasteiger partial charge in [0.25, 0.3) is 5.92 Å². The van der Waals surface area contributed by atoms with Gasteiger partial charge in [0.15, 0.2) is 0 Å². The smallest absolute Gasteiger partial charge is 0.207 e. The SMILES string of the molecule is CCC(C)C1CCC1(F)F. The highest BCUT2D eigenvalue weighted by Crippen LogP contribution is 2.48. The first-order chi connectivity index (χ1) is 4.58. The van der Waals surface area contributed by atoms with Gasteiger partial charge in [-0.2, -0.15) is 0 Å². The van der Waals surface area contributed by atoms with E-state index < -0.39 is 5.92 Å². The lowest BCUT2D eigenvalue weighted by molar-refractivity contribution is -0.151. The molecule has 0 aromatic heterocycles. The number of rotatable bonds is 2. The van der Waals surface area contributed by atoms with Crippen LogP contribution in [0.1, 0.15) is 33.1 Å². The van der Waals surface area contributed by atoms with E-state index >= 15 is 0 Å². The standard InChI is InChI=1S/C8H14F2/c1-3-6(2)7-4-5-8(7,9)10/h6-7H,3-5H2,1-2H3. The van der Waals surface area contributed by atoms with E-state index in [-0.39, 0.29) is 18.3 Å². The van der Waals surface area contributed by atoms with Crippen LogP contribution in [0, 0.1) is 11.8 Å². The molecule has 1 aliphatic carbocycles. The average molecular weight is 148 g/mol. The van der Waals surface area contributed by atoms with E-state index in [1.807, 2.05) is 13.8 Å². The van der Waals surface area contributed by atoms with Crippen LogP contribution in [0.25, 0.3) is 0 Å². The minimum atomic E-state index is -2.34. The molecule has 0 aromatic rings. The Labute approximate surface area is 60.6 Å². The molecule has 2 unspecified atom stereocenters. The Morgan fingerprint density at radius 2 is 2.20 bits per heavy atom. The third kappa shape index (κ3) is 1.16. The van der Waals surface area contributed by atoms with Crippen molar-refractivity contribution in [1.82, 2.24) is 0 Å². The number of alkyl halides is 2. The Hall–Kier alpha value is -0.140. The maximum absolute atomic E-state index is 12.6. The van der Waals surface area contributed by atoms with Crippen molar-refractivity contribution in [2.24, 2.45) is 11.8 Å². The van der Waals surface area contributed by atoms with E-state index in [9.17, 15) is 8.78 Å². The molecule has 0 nitrogen and oxygen atoms in total. The molecule has 1 saturated carbocycles.